The summed E-state index contributed by atoms with van der Waals surface area (Å²) in [4.78, 5) is 23.3. The van der Waals surface area contributed by atoms with Crippen LogP contribution < -0.4 is 5.73 Å². The molecule has 0 aliphatic heterocycles. The molecule has 3 N–H and O–H groups in total. The van der Waals surface area contributed by atoms with Crippen LogP contribution in [0.5, 0.6) is 0 Å². The summed E-state index contributed by atoms with van der Waals surface area (Å²) >= 11 is 5.70. The third kappa shape index (κ3) is 3.80. The van der Waals surface area contributed by atoms with E-state index in [1.54, 1.807) is 6.07 Å². The number of nitriles is 1. The number of esters is 1. The Morgan fingerprint density at radius 2 is 2.20 bits per heavy atom. The fraction of sp³-hybridized carbons (Fsp3) is 0.231. The normalized spacial score (nSPS) is 11.2. The fourth-order valence-corrected chi connectivity index (χ4v) is 1.61. The van der Waals surface area contributed by atoms with Crippen LogP contribution in [-0.2, 0) is 9.53 Å². The van der Waals surface area contributed by atoms with E-state index in [0.717, 1.165) is 0 Å². The minimum absolute atomic E-state index is 0.0854. The van der Waals surface area contributed by atoms with Gasteiger partial charge in [-0.3, -0.25) is 4.79 Å². The van der Waals surface area contributed by atoms with E-state index in [1.165, 1.54) is 25.1 Å². The average molecular weight is 294 g/mol. The maximum atomic E-state index is 11.7. The summed E-state index contributed by atoms with van der Waals surface area (Å²) in [6.07, 6.45) is 0. The van der Waals surface area contributed by atoms with Gasteiger partial charge in [0, 0.05) is 16.4 Å². The molecule has 0 saturated heterocycles. The molecule has 0 saturated carbocycles. The molecule has 7 heteroatoms. The lowest BCUT2D eigenvalue weighted by Crippen LogP contribution is -2.25. The SMILES string of the molecule is CC(=N)C(C#N)C(=O)COC(=O)c1ccc(Cl)cc1N. The number of rotatable bonds is 5. The summed E-state index contributed by atoms with van der Waals surface area (Å²) < 4.78 is 4.78. The van der Waals surface area contributed by atoms with Crippen molar-refractivity contribution in [3.05, 3.63) is 28.8 Å². The van der Waals surface area contributed by atoms with Crippen LogP contribution in [0.25, 0.3) is 0 Å². The van der Waals surface area contributed by atoms with Crippen LogP contribution in [0.2, 0.25) is 5.02 Å². The molecule has 0 spiro atoms. The summed E-state index contributed by atoms with van der Waals surface area (Å²) in [6, 6.07) is 5.92. The molecule has 1 unspecified atom stereocenters. The number of carbonyl (C=O) groups excluding carboxylic acids is 2. The molecular formula is C13H12ClN3O3. The second kappa shape index (κ2) is 6.68. The minimum Gasteiger partial charge on any atom is -0.454 e. The van der Waals surface area contributed by atoms with Crippen molar-refractivity contribution in [1.29, 1.82) is 10.7 Å². The van der Waals surface area contributed by atoms with Crippen LogP contribution in [0.15, 0.2) is 18.2 Å². The van der Waals surface area contributed by atoms with Gasteiger partial charge in [0.2, 0.25) is 0 Å². The summed E-state index contributed by atoms with van der Waals surface area (Å²) in [7, 11) is 0. The van der Waals surface area contributed by atoms with Gasteiger partial charge < -0.3 is 15.9 Å². The Kier molecular flexibility index (Phi) is 5.23. The van der Waals surface area contributed by atoms with Crippen molar-refractivity contribution >= 4 is 34.8 Å². The molecule has 0 radical (unpaired) electrons. The van der Waals surface area contributed by atoms with Crippen LogP contribution in [0.1, 0.15) is 17.3 Å². The summed E-state index contributed by atoms with van der Waals surface area (Å²) in [5.74, 6) is -2.64. The highest BCUT2D eigenvalue weighted by Gasteiger charge is 2.22. The van der Waals surface area contributed by atoms with Gasteiger partial charge in [-0.05, 0) is 25.1 Å². The predicted octanol–water partition coefficient (Wildman–Crippen LogP) is 1.83. The van der Waals surface area contributed by atoms with Gasteiger partial charge in [-0.25, -0.2) is 4.79 Å². The Morgan fingerprint density at radius 3 is 2.70 bits per heavy atom. The van der Waals surface area contributed by atoms with E-state index >= 15 is 0 Å². The zero-order valence-electron chi connectivity index (χ0n) is 10.6. The van der Waals surface area contributed by atoms with Gasteiger partial charge in [0.1, 0.15) is 5.92 Å². The molecule has 0 heterocycles. The third-order valence-electron chi connectivity index (χ3n) is 2.46. The minimum atomic E-state index is -1.20. The second-order valence-corrected chi connectivity index (χ2v) is 4.46. The number of Topliss-reactive ketones (excluding diaryl/α,β-unsaturated/α-hetero) is 1. The van der Waals surface area contributed by atoms with Gasteiger partial charge in [-0.15, -0.1) is 0 Å². The standard InChI is InChI=1S/C13H12ClN3O3/c1-7(16)10(5-15)12(18)6-20-13(19)9-3-2-8(14)4-11(9)17/h2-4,10,16H,6,17H2,1H3. The Hall–Kier alpha value is -2.39. The number of benzene rings is 1. The van der Waals surface area contributed by atoms with Crippen molar-refractivity contribution < 1.29 is 14.3 Å². The summed E-state index contributed by atoms with van der Waals surface area (Å²) in [5.41, 5.74) is 5.73. The molecule has 104 valence electrons. The highest BCUT2D eigenvalue weighted by atomic mass is 35.5. The molecule has 0 amide bonds. The van der Waals surface area contributed by atoms with Crippen molar-refractivity contribution in [3.63, 3.8) is 0 Å². The Bertz CT molecular complexity index is 607. The van der Waals surface area contributed by atoms with Gasteiger partial charge in [0.05, 0.1) is 11.6 Å². The van der Waals surface area contributed by atoms with E-state index in [4.69, 9.17) is 32.7 Å². The zero-order valence-corrected chi connectivity index (χ0v) is 11.4. The van der Waals surface area contributed by atoms with E-state index in [2.05, 4.69) is 0 Å². The smallest absolute Gasteiger partial charge is 0.340 e. The zero-order chi connectivity index (χ0) is 15.3. The van der Waals surface area contributed by atoms with Gasteiger partial charge in [0.15, 0.2) is 12.4 Å². The Labute approximate surface area is 120 Å². The van der Waals surface area contributed by atoms with Gasteiger partial charge in [-0.1, -0.05) is 11.6 Å². The van der Waals surface area contributed by atoms with Crippen LogP contribution >= 0.6 is 11.6 Å². The first-order chi connectivity index (χ1) is 9.36. The van der Waals surface area contributed by atoms with Gasteiger partial charge in [-0.2, -0.15) is 5.26 Å². The van der Waals surface area contributed by atoms with E-state index in [1.807, 2.05) is 0 Å². The third-order valence-corrected chi connectivity index (χ3v) is 2.70. The highest BCUT2D eigenvalue weighted by Crippen LogP contribution is 2.18. The fourth-order valence-electron chi connectivity index (χ4n) is 1.43. The second-order valence-electron chi connectivity index (χ2n) is 4.02. The maximum Gasteiger partial charge on any atom is 0.340 e. The number of nitrogens with zero attached hydrogens (tertiary/aromatic N) is 1. The Balaban J connectivity index is 2.71. The molecule has 0 aliphatic rings. The number of carbonyl (C=O) groups is 2. The highest BCUT2D eigenvalue weighted by molar-refractivity contribution is 6.31. The molecule has 0 aromatic heterocycles. The molecule has 0 fully saturated rings. The predicted molar refractivity (Wildman–Crippen MR) is 73.7 cm³/mol. The number of anilines is 1. The first kappa shape index (κ1) is 15.7. The molecule has 20 heavy (non-hydrogen) atoms. The van der Waals surface area contributed by atoms with Crippen LogP contribution in [0.4, 0.5) is 5.69 Å². The maximum absolute atomic E-state index is 11.7. The van der Waals surface area contributed by atoms with E-state index in [0.29, 0.717) is 5.02 Å². The monoisotopic (exact) mass is 293 g/mol. The van der Waals surface area contributed by atoms with E-state index in [-0.39, 0.29) is 17.0 Å². The van der Waals surface area contributed by atoms with Crippen LogP contribution in [-0.4, -0.2) is 24.1 Å². The number of hydrogen-bond acceptors (Lipinski definition) is 6. The first-order valence-electron chi connectivity index (χ1n) is 5.56. The lowest BCUT2D eigenvalue weighted by Gasteiger charge is -2.09. The summed E-state index contributed by atoms with van der Waals surface area (Å²) in [5, 5.41) is 16.4. The van der Waals surface area contributed by atoms with E-state index in [9.17, 15) is 9.59 Å². The average Bonchev–Trinajstić information content (AvgIpc) is 2.36. The van der Waals surface area contributed by atoms with Crippen LogP contribution in [0.3, 0.4) is 0 Å². The molecule has 1 rings (SSSR count). The molecule has 0 bridgehead atoms. The molecule has 1 atom stereocenters. The molecule has 6 nitrogen and oxygen atoms in total. The van der Waals surface area contributed by atoms with Crippen molar-refractivity contribution in [2.24, 2.45) is 5.92 Å². The number of hydrogen-bond donors (Lipinski definition) is 2. The van der Waals surface area contributed by atoms with Gasteiger partial charge >= 0.3 is 5.97 Å². The molecule has 0 aliphatic carbocycles. The molecule has 1 aromatic carbocycles. The number of nitrogen functional groups attached to an aromatic ring is 1. The largest absolute Gasteiger partial charge is 0.454 e. The van der Waals surface area contributed by atoms with Crippen molar-refractivity contribution in [2.75, 3.05) is 12.3 Å². The number of ketones is 1. The lowest BCUT2D eigenvalue weighted by atomic mass is 10.0. The topological polar surface area (TPSA) is 117 Å². The Morgan fingerprint density at radius 1 is 1.55 bits per heavy atom. The number of nitrogens with one attached hydrogen (secondary N) is 1. The van der Waals surface area contributed by atoms with Crippen molar-refractivity contribution in [1.82, 2.24) is 0 Å². The van der Waals surface area contributed by atoms with Crippen LogP contribution in [0, 0.1) is 22.7 Å². The lowest BCUT2D eigenvalue weighted by molar-refractivity contribution is -0.122. The summed E-state index contributed by atoms with van der Waals surface area (Å²) in [6.45, 7) is 0.750. The number of nitrogens with two attached hydrogens (primary N) is 1. The molecule has 1 aromatic rings. The number of halogens is 1. The quantitative estimate of drug-likeness (QED) is 0.488. The molecular weight excluding hydrogens is 282 g/mol. The number of ether oxygens (including phenoxy) is 1. The first-order valence-corrected chi connectivity index (χ1v) is 5.94. The van der Waals surface area contributed by atoms with Crippen molar-refractivity contribution in [2.45, 2.75) is 6.92 Å². The van der Waals surface area contributed by atoms with Crippen molar-refractivity contribution in [3.8, 4) is 6.07 Å². The van der Waals surface area contributed by atoms with Gasteiger partial charge in [0.25, 0.3) is 0 Å². The van der Waals surface area contributed by atoms with E-state index < -0.39 is 24.3 Å².